The van der Waals surface area contributed by atoms with Crippen LogP contribution in [0, 0.1) is 0 Å². The average Bonchev–Trinajstić information content (AvgIpc) is 3.25. The Hall–Kier alpha value is -3.78. The highest BCUT2D eigenvalue weighted by Crippen LogP contribution is 2.23. The van der Waals surface area contributed by atoms with Gasteiger partial charge in [0, 0.05) is 24.4 Å². The Balaban J connectivity index is 1.44. The minimum atomic E-state index is -0.326. The summed E-state index contributed by atoms with van der Waals surface area (Å²) in [7, 11) is 0. The standard InChI is InChI=1S/C24H25N5O3/c1-2-32-23(31)14-29-13-20(26-16-29)12-21(15-30)27-24-25-10-9-22(28-24)19-8-7-17-5-3-4-6-18(17)11-19/h3-11,13,16,21,30H,2,12,14-15H2,1H3,(H,25,27,28)/t21-/m0/s1. The summed E-state index contributed by atoms with van der Waals surface area (Å²) in [6.45, 7) is 2.10. The van der Waals surface area contributed by atoms with Gasteiger partial charge in [-0.05, 0) is 29.8 Å². The number of aliphatic hydroxyl groups is 1. The SMILES string of the molecule is CCOC(=O)Cn1cnc(C[C@@H](CO)Nc2nccc(-c3ccc4ccccc4c3)n2)c1. The predicted octanol–water partition coefficient (Wildman–Crippen LogP) is 3.07. The van der Waals surface area contributed by atoms with E-state index in [1.807, 2.05) is 24.3 Å². The van der Waals surface area contributed by atoms with Crippen molar-refractivity contribution in [2.45, 2.75) is 25.9 Å². The van der Waals surface area contributed by atoms with Crippen molar-refractivity contribution in [3.8, 4) is 11.3 Å². The molecule has 0 radical (unpaired) electrons. The predicted molar refractivity (Wildman–Crippen MR) is 122 cm³/mol. The molecule has 4 aromatic rings. The van der Waals surface area contributed by atoms with Crippen molar-refractivity contribution in [1.82, 2.24) is 19.5 Å². The number of aliphatic hydroxyl groups excluding tert-OH is 1. The molecular formula is C24H25N5O3. The normalized spacial score (nSPS) is 11.9. The zero-order valence-corrected chi connectivity index (χ0v) is 17.8. The maximum Gasteiger partial charge on any atom is 0.325 e. The number of rotatable bonds is 9. The lowest BCUT2D eigenvalue weighted by molar-refractivity contribution is -0.143. The molecular weight excluding hydrogens is 406 g/mol. The summed E-state index contributed by atoms with van der Waals surface area (Å²) in [5, 5.41) is 15.3. The van der Waals surface area contributed by atoms with Gasteiger partial charge in [0.2, 0.25) is 5.95 Å². The molecule has 2 heterocycles. The first-order valence-corrected chi connectivity index (χ1v) is 10.5. The van der Waals surface area contributed by atoms with Gasteiger partial charge >= 0.3 is 5.97 Å². The van der Waals surface area contributed by atoms with Crippen LogP contribution in [0.1, 0.15) is 12.6 Å². The van der Waals surface area contributed by atoms with Crippen LogP contribution in [0.5, 0.6) is 0 Å². The minimum Gasteiger partial charge on any atom is -0.465 e. The fourth-order valence-corrected chi connectivity index (χ4v) is 3.49. The van der Waals surface area contributed by atoms with Gasteiger partial charge in [-0.1, -0.05) is 36.4 Å². The van der Waals surface area contributed by atoms with Crippen LogP contribution >= 0.6 is 0 Å². The van der Waals surface area contributed by atoms with E-state index in [0.29, 0.717) is 19.0 Å². The molecule has 0 aliphatic rings. The van der Waals surface area contributed by atoms with E-state index in [9.17, 15) is 9.90 Å². The molecule has 2 N–H and O–H groups in total. The maximum absolute atomic E-state index is 11.6. The van der Waals surface area contributed by atoms with Gasteiger partial charge in [0.15, 0.2) is 0 Å². The summed E-state index contributed by atoms with van der Waals surface area (Å²) in [5.74, 6) is 0.118. The Morgan fingerprint density at radius 1 is 1.16 bits per heavy atom. The van der Waals surface area contributed by atoms with Gasteiger partial charge in [0.1, 0.15) is 6.54 Å². The molecule has 1 atom stereocenters. The molecule has 0 fully saturated rings. The lowest BCUT2D eigenvalue weighted by atomic mass is 10.1. The van der Waals surface area contributed by atoms with E-state index in [1.165, 1.54) is 5.39 Å². The molecule has 0 unspecified atom stereocenters. The number of fused-ring (bicyclic) bond motifs is 1. The fraction of sp³-hybridized carbons (Fsp3) is 0.250. The number of carbonyl (C=O) groups excluding carboxylic acids is 1. The van der Waals surface area contributed by atoms with Crippen molar-refractivity contribution < 1.29 is 14.6 Å². The van der Waals surface area contributed by atoms with Crippen molar-refractivity contribution in [3.63, 3.8) is 0 Å². The zero-order chi connectivity index (χ0) is 22.3. The molecule has 2 aromatic heterocycles. The number of nitrogens with one attached hydrogen (secondary N) is 1. The molecule has 32 heavy (non-hydrogen) atoms. The van der Waals surface area contributed by atoms with E-state index in [0.717, 1.165) is 22.3 Å². The highest BCUT2D eigenvalue weighted by atomic mass is 16.5. The topological polar surface area (TPSA) is 102 Å². The van der Waals surface area contributed by atoms with Crippen LogP contribution in [0.4, 0.5) is 5.95 Å². The van der Waals surface area contributed by atoms with Gasteiger partial charge < -0.3 is 19.7 Å². The molecule has 2 aromatic carbocycles. The summed E-state index contributed by atoms with van der Waals surface area (Å²) in [4.78, 5) is 24.9. The first-order valence-electron chi connectivity index (χ1n) is 10.5. The van der Waals surface area contributed by atoms with Crippen LogP contribution in [0.3, 0.4) is 0 Å². The Labute approximate surface area is 185 Å². The van der Waals surface area contributed by atoms with Crippen LogP contribution in [0.2, 0.25) is 0 Å². The molecule has 0 aliphatic heterocycles. The number of benzene rings is 2. The molecule has 0 saturated carbocycles. The second kappa shape index (κ2) is 10.0. The number of aromatic nitrogens is 4. The second-order valence-corrected chi connectivity index (χ2v) is 7.40. The molecule has 0 amide bonds. The molecule has 0 aliphatic carbocycles. The summed E-state index contributed by atoms with van der Waals surface area (Å²) >= 11 is 0. The number of hydrogen-bond donors (Lipinski definition) is 2. The summed E-state index contributed by atoms with van der Waals surface area (Å²) in [5.41, 5.74) is 2.53. The number of imidazole rings is 1. The average molecular weight is 431 g/mol. The van der Waals surface area contributed by atoms with Crippen LogP contribution in [0.15, 0.2) is 67.3 Å². The van der Waals surface area contributed by atoms with Gasteiger partial charge in [0.25, 0.3) is 0 Å². The summed E-state index contributed by atoms with van der Waals surface area (Å²) < 4.78 is 6.62. The lowest BCUT2D eigenvalue weighted by Gasteiger charge is -2.15. The first-order chi connectivity index (χ1) is 15.6. The van der Waals surface area contributed by atoms with Crippen LogP contribution in [-0.2, 0) is 22.5 Å². The lowest BCUT2D eigenvalue weighted by Crippen LogP contribution is -2.27. The van der Waals surface area contributed by atoms with Gasteiger partial charge in [-0.3, -0.25) is 4.79 Å². The van der Waals surface area contributed by atoms with E-state index in [1.54, 1.807) is 30.2 Å². The Kier molecular flexibility index (Phi) is 6.72. The second-order valence-electron chi connectivity index (χ2n) is 7.40. The number of carbonyl (C=O) groups is 1. The van der Waals surface area contributed by atoms with E-state index in [2.05, 4.69) is 44.5 Å². The number of nitrogens with zero attached hydrogens (tertiary/aromatic N) is 4. The van der Waals surface area contributed by atoms with Crippen LogP contribution in [-0.4, -0.2) is 49.9 Å². The first kappa shape index (κ1) is 21.5. The zero-order valence-electron chi connectivity index (χ0n) is 17.8. The third-order valence-corrected chi connectivity index (χ3v) is 5.01. The Bertz CT molecular complexity index is 1210. The molecule has 164 valence electrons. The number of anilines is 1. The molecule has 8 nitrogen and oxygen atoms in total. The number of esters is 1. The third-order valence-electron chi connectivity index (χ3n) is 5.01. The smallest absolute Gasteiger partial charge is 0.325 e. The summed E-state index contributed by atoms with van der Waals surface area (Å²) in [6, 6.07) is 15.9. The minimum absolute atomic E-state index is 0.106. The van der Waals surface area contributed by atoms with Gasteiger partial charge in [-0.15, -0.1) is 0 Å². The Morgan fingerprint density at radius 3 is 2.81 bits per heavy atom. The van der Waals surface area contributed by atoms with Crippen molar-refractivity contribution in [2.75, 3.05) is 18.5 Å². The largest absolute Gasteiger partial charge is 0.465 e. The molecule has 0 bridgehead atoms. The molecule has 0 saturated heterocycles. The van der Waals surface area contributed by atoms with Crippen molar-refractivity contribution in [2.24, 2.45) is 0 Å². The Morgan fingerprint density at radius 2 is 2.00 bits per heavy atom. The van der Waals surface area contributed by atoms with Crippen molar-refractivity contribution in [3.05, 3.63) is 72.9 Å². The number of hydrogen-bond acceptors (Lipinski definition) is 7. The van der Waals surface area contributed by atoms with E-state index in [-0.39, 0.29) is 25.2 Å². The van der Waals surface area contributed by atoms with Crippen LogP contribution in [0.25, 0.3) is 22.0 Å². The fourth-order valence-electron chi connectivity index (χ4n) is 3.49. The monoisotopic (exact) mass is 431 g/mol. The van der Waals surface area contributed by atoms with Gasteiger partial charge in [0.05, 0.1) is 37.0 Å². The van der Waals surface area contributed by atoms with Gasteiger partial charge in [-0.2, -0.15) is 0 Å². The van der Waals surface area contributed by atoms with Gasteiger partial charge in [-0.25, -0.2) is 15.0 Å². The van der Waals surface area contributed by atoms with Crippen LogP contribution < -0.4 is 5.32 Å². The highest BCUT2D eigenvalue weighted by Gasteiger charge is 2.14. The summed E-state index contributed by atoms with van der Waals surface area (Å²) in [6.07, 6.45) is 5.50. The van der Waals surface area contributed by atoms with Crippen molar-refractivity contribution in [1.29, 1.82) is 0 Å². The molecule has 0 spiro atoms. The van der Waals surface area contributed by atoms with E-state index in [4.69, 9.17) is 4.74 Å². The maximum atomic E-state index is 11.6. The molecule has 8 heteroatoms. The van der Waals surface area contributed by atoms with E-state index >= 15 is 0 Å². The number of ether oxygens (including phenoxy) is 1. The molecule has 4 rings (SSSR count). The quantitative estimate of drug-likeness (QED) is 0.393. The van der Waals surface area contributed by atoms with E-state index < -0.39 is 0 Å². The van der Waals surface area contributed by atoms with Crippen molar-refractivity contribution >= 4 is 22.7 Å². The highest BCUT2D eigenvalue weighted by molar-refractivity contribution is 5.86. The third kappa shape index (κ3) is 5.28.